The van der Waals surface area contributed by atoms with E-state index in [9.17, 15) is 0 Å². The summed E-state index contributed by atoms with van der Waals surface area (Å²) in [6.07, 6.45) is 2.04. The Kier molecular flexibility index (Phi) is 3.09. The van der Waals surface area contributed by atoms with Crippen LogP contribution in [-0.4, -0.2) is 16.2 Å². The van der Waals surface area contributed by atoms with Crippen LogP contribution in [0.1, 0.15) is 0 Å². The lowest BCUT2D eigenvalue weighted by atomic mass is 10.2. The molecular formula is C15H13N3S. The molecule has 3 nitrogen and oxygen atoms in total. The van der Waals surface area contributed by atoms with Crippen molar-refractivity contribution in [3.63, 3.8) is 0 Å². The molecule has 0 fully saturated rings. The van der Waals surface area contributed by atoms with E-state index in [0.29, 0.717) is 11.6 Å². The summed E-state index contributed by atoms with van der Waals surface area (Å²) in [6, 6.07) is 15.9. The van der Waals surface area contributed by atoms with Gasteiger partial charge in [0.1, 0.15) is 5.82 Å². The Morgan fingerprint density at radius 2 is 1.68 bits per heavy atom. The maximum atomic E-state index is 6.03. The van der Waals surface area contributed by atoms with Crippen molar-refractivity contribution in [3.8, 4) is 11.4 Å². The summed E-state index contributed by atoms with van der Waals surface area (Å²) in [5, 5.41) is 0.896. The largest absolute Gasteiger partial charge is 0.383 e. The molecule has 19 heavy (non-hydrogen) atoms. The minimum absolute atomic E-state index is 0.525. The van der Waals surface area contributed by atoms with E-state index in [1.54, 1.807) is 11.8 Å². The van der Waals surface area contributed by atoms with Crippen molar-refractivity contribution in [1.29, 1.82) is 0 Å². The number of nitrogen functional groups attached to an aromatic ring is 1. The zero-order valence-electron chi connectivity index (χ0n) is 10.5. The Bertz CT molecular complexity index is 740. The van der Waals surface area contributed by atoms with Crippen molar-refractivity contribution in [2.75, 3.05) is 12.0 Å². The van der Waals surface area contributed by atoms with Crippen molar-refractivity contribution < 1.29 is 0 Å². The van der Waals surface area contributed by atoms with E-state index >= 15 is 0 Å². The van der Waals surface area contributed by atoms with Gasteiger partial charge in [0.05, 0.1) is 5.52 Å². The molecule has 0 aliphatic heterocycles. The summed E-state index contributed by atoms with van der Waals surface area (Å²) < 4.78 is 0. The maximum Gasteiger partial charge on any atom is 0.163 e. The minimum atomic E-state index is 0.525. The highest BCUT2D eigenvalue weighted by Gasteiger charge is 2.09. The van der Waals surface area contributed by atoms with Crippen LogP contribution >= 0.6 is 11.8 Å². The SMILES string of the molecule is CSc1ccccc1-c1nc(N)c2ccccc2n1. The van der Waals surface area contributed by atoms with Gasteiger partial charge in [0, 0.05) is 15.8 Å². The third-order valence-electron chi connectivity index (χ3n) is 2.98. The Balaban J connectivity index is 2.26. The van der Waals surface area contributed by atoms with E-state index in [4.69, 9.17) is 5.73 Å². The number of hydrogen-bond donors (Lipinski definition) is 1. The molecule has 0 bridgehead atoms. The van der Waals surface area contributed by atoms with Crippen molar-refractivity contribution in [1.82, 2.24) is 9.97 Å². The van der Waals surface area contributed by atoms with Gasteiger partial charge < -0.3 is 5.73 Å². The van der Waals surface area contributed by atoms with Gasteiger partial charge in [-0.25, -0.2) is 9.97 Å². The van der Waals surface area contributed by atoms with Crippen LogP contribution in [0.15, 0.2) is 53.4 Å². The number of benzene rings is 2. The molecule has 0 atom stereocenters. The maximum absolute atomic E-state index is 6.03. The van der Waals surface area contributed by atoms with Crippen LogP contribution in [-0.2, 0) is 0 Å². The number of nitrogens with zero attached hydrogens (tertiary/aromatic N) is 2. The van der Waals surface area contributed by atoms with Gasteiger partial charge in [0.15, 0.2) is 5.82 Å². The first-order valence-corrected chi connectivity index (χ1v) is 7.17. The predicted molar refractivity (Wildman–Crippen MR) is 81.2 cm³/mol. The van der Waals surface area contributed by atoms with Gasteiger partial charge in [0.25, 0.3) is 0 Å². The van der Waals surface area contributed by atoms with Crippen LogP contribution in [0.3, 0.4) is 0 Å². The van der Waals surface area contributed by atoms with Gasteiger partial charge >= 0.3 is 0 Å². The van der Waals surface area contributed by atoms with Crippen LogP contribution in [0.4, 0.5) is 5.82 Å². The topological polar surface area (TPSA) is 51.8 Å². The van der Waals surface area contributed by atoms with Gasteiger partial charge in [-0.05, 0) is 24.5 Å². The highest BCUT2D eigenvalue weighted by Crippen LogP contribution is 2.29. The van der Waals surface area contributed by atoms with Gasteiger partial charge in [0.2, 0.25) is 0 Å². The second-order valence-electron chi connectivity index (χ2n) is 4.15. The molecule has 0 unspecified atom stereocenters. The molecule has 0 saturated heterocycles. The lowest BCUT2D eigenvalue weighted by molar-refractivity contribution is 1.21. The number of aromatic nitrogens is 2. The summed E-state index contributed by atoms with van der Waals surface area (Å²) in [5.74, 6) is 1.21. The molecule has 2 aromatic carbocycles. The molecule has 4 heteroatoms. The fraction of sp³-hybridized carbons (Fsp3) is 0.0667. The number of hydrogen-bond acceptors (Lipinski definition) is 4. The first kappa shape index (κ1) is 12.0. The lowest BCUT2D eigenvalue weighted by Crippen LogP contribution is -1.98. The number of fused-ring (bicyclic) bond motifs is 1. The average molecular weight is 267 g/mol. The summed E-state index contributed by atoms with van der Waals surface area (Å²) in [6.45, 7) is 0. The summed E-state index contributed by atoms with van der Waals surface area (Å²) in [7, 11) is 0. The third kappa shape index (κ3) is 2.15. The molecule has 3 aromatic rings. The quantitative estimate of drug-likeness (QED) is 0.721. The zero-order chi connectivity index (χ0) is 13.2. The monoisotopic (exact) mass is 267 g/mol. The summed E-state index contributed by atoms with van der Waals surface area (Å²) in [5.41, 5.74) is 7.92. The molecule has 0 aliphatic carbocycles. The molecule has 0 amide bonds. The minimum Gasteiger partial charge on any atom is -0.383 e. The number of para-hydroxylation sites is 1. The Hall–Kier alpha value is -2.07. The van der Waals surface area contributed by atoms with Crippen LogP contribution in [0, 0.1) is 0 Å². The summed E-state index contributed by atoms with van der Waals surface area (Å²) in [4.78, 5) is 10.2. The molecular weight excluding hydrogens is 254 g/mol. The van der Waals surface area contributed by atoms with Crippen LogP contribution in [0.25, 0.3) is 22.3 Å². The van der Waals surface area contributed by atoms with E-state index in [-0.39, 0.29) is 0 Å². The van der Waals surface area contributed by atoms with Crippen molar-refractivity contribution in [2.24, 2.45) is 0 Å². The second-order valence-corrected chi connectivity index (χ2v) is 5.00. The number of anilines is 1. The third-order valence-corrected chi connectivity index (χ3v) is 3.78. The normalized spacial score (nSPS) is 10.8. The number of nitrogens with two attached hydrogens (primary N) is 1. The smallest absolute Gasteiger partial charge is 0.163 e. The molecule has 94 valence electrons. The number of rotatable bonds is 2. The highest BCUT2D eigenvalue weighted by atomic mass is 32.2. The molecule has 3 rings (SSSR count). The van der Waals surface area contributed by atoms with Crippen molar-refractivity contribution >= 4 is 28.5 Å². The Morgan fingerprint density at radius 1 is 0.947 bits per heavy atom. The van der Waals surface area contributed by atoms with Gasteiger partial charge in [-0.15, -0.1) is 11.8 Å². The van der Waals surface area contributed by atoms with Crippen LogP contribution in [0.2, 0.25) is 0 Å². The molecule has 0 spiro atoms. The second kappa shape index (κ2) is 4.90. The van der Waals surface area contributed by atoms with Gasteiger partial charge in [-0.2, -0.15) is 0 Å². The van der Waals surface area contributed by atoms with E-state index in [1.807, 2.05) is 48.7 Å². The van der Waals surface area contributed by atoms with E-state index in [0.717, 1.165) is 21.4 Å². The predicted octanol–water partition coefficient (Wildman–Crippen LogP) is 3.60. The molecule has 1 heterocycles. The highest BCUT2D eigenvalue weighted by molar-refractivity contribution is 7.98. The van der Waals surface area contributed by atoms with E-state index in [2.05, 4.69) is 16.0 Å². The molecule has 2 N–H and O–H groups in total. The van der Waals surface area contributed by atoms with Gasteiger partial charge in [-0.3, -0.25) is 0 Å². The van der Waals surface area contributed by atoms with E-state index in [1.165, 1.54) is 0 Å². The molecule has 0 aliphatic rings. The molecule has 1 aromatic heterocycles. The number of thioether (sulfide) groups is 1. The summed E-state index contributed by atoms with van der Waals surface area (Å²) >= 11 is 1.68. The Labute approximate surface area is 115 Å². The zero-order valence-corrected chi connectivity index (χ0v) is 11.3. The molecule has 0 saturated carbocycles. The Morgan fingerprint density at radius 3 is 2.53 bits per heavy atom. The standard InChI is InChI=1S/C15H13N3S/c1-19-13-9-5-3-7-11(13)15-17-12-8-4-2-6-10(12)14(16)18-15/h2-9H,1H3,(H2,16,17,18). The fourth-order valence-electron chi connectivity index (χ4n) is 2.05. The van der Waals surface area contributed by atoms with Crippen LogP contribution in [0.5, 0.6) is 0 Å². The lowest BCUT2D eigenvalue weighted by Gasteiger charge is -2.08. The first-order valence-electron chi connectivity index (χ1n) is 5.95. The molecule has 0 radical (unpaired) electrons. The van der Waals surface area contributed by atoms with Crippen LogP contribution < -0.4 is 5.73 Å². The van der Waals surface area contributed by atoms with E-state index < -0.39 is 0 Å². The first-order chi connectivity index (χ1) is 9.29. The van der Waals surface area contributed by atoms with Crippen molar-refractivity contribution in [2.45, 2.75) is 4.90 Å². The fourth-order valence-corrected chi connectivity index (χ4v) is 2.64. The van der Waals surface area contributed by atoms with Gasteiger partial charge in [-0.1, -0.05) is 30.3 Å². The average Bonchev–Trinajstić information content (AvgIpc) is 2.47. The van der Waals surface area contributed by atoms with Crippen molar-refractivity contribution in [3.05, 3.63) is 48.5 Å².